The Hall–Kier alpha value is -1.63. The maximum Gasteiger partial charge on any atom is 0.326 e. The molecule has 7 heteroatoms. The zero-order valence-electron chi connectivity index (χ0n) is 10.0. The van der Waals surface area contributed by atoms with Crippen LogP contribution < -0.4 is 16.4 Å². The Morgan fingerprint density at radius 1 is 1.35 bits per heavy atom. The van der Waals surface area contributed by atoms with E-state index >= 15 is 0 Å². The molecule has 0 aliphatic carbocycles. The van der Waals surface area contributed by atoms with Crippen LogP contribution >= 0.6 is 0 Å². The number of hydrogen-bond donors (Lipinski definition) is 4. The predicted molar refractivity (Wildman–Crippen MR) is 61.1 cm³/mol. The van der Waals surface area contributed by atoms with Crippen molar-refractivity contribution in [1.29, 1.82) is 0 Å². The molecule has 2 unspecified atom stereocenters. The van der Waals surface area contributed by atoms with Gasteiger partial charge in [0.1, 0.15) is 6.04 Å². The second-order valence-corrected chi connectivity index (χ2v) is 3.78. The van der Waals surface area contributed by atoms with Crippen LogP contribution in [0.4, 0.5) is 0 Å². The quantitative estimate of drug-likeness (QED) is 0.422. The first-order valence-electron chi connectivity index (χ1n) is 5.40. The molecule has 2 amide bonds. The molecule has 0 aromatic carbocycles. The Morgan fingerprint density at radius 2 is 1.94 bits per heavy atom. The smallest absolute Gasteiger partial charge is 0.326 e. The van der Waals surface area contributed by atoms with Gasteiger partial charge in [-0.05, 0) is 6.54 Å². The molecule has 0 saturated heterocycles. The van der Waals surface area contributed by atoms with Crippen LogP contribution in [0.25, 0.3) is 0 Å². The molecule has 0 spiro atoms. The van der Waals surface area contributed by atoms with Crippen LogP contribution in [0, 0.1) is 5.92 Å². The highest BCUT2D eigenvalue weighted by Crippen LogP contribution is 1.97. The number of nitrogens with two attached hydrogens (primary N) is 1. The van der Waals surface area contributed by atoms with Crippen LogP contribution in [0.3, 0.4) is 0 Å². The number of primary amides is 1. The van der Waals surface area contributed by atoms with Crippen molar-refractivity contribution in [1.82, 2.24) is 10.6 Å². The summed E-state index contributed by atoms with van der Waals surface area (Å²) in [6, 6.07) is -1.26. The molecule has 0 saturated carbocycles. The molecule has 98 valence electrons. The molecule has 2 atom stereocenters. The number of aliphatic carboxylic acids is 1. The lowest BCUT2D eigenvalue weighted by Gasteiger charge is -2.16. The second kappa shape index (κ2) is 7.61. The van der Waals surface area contributed by atoms with Gasteiger partial charge in [-0.15, -0.1) is 0 Å². The van der Waals surface area contributed by atoms with Gasteiger partial charge in [0.2, 0.25) is 11.8 Å². The summed E-state index contributed by atoms with van der Waals surface area (Å²) >= 11 is 0. The molecule has 7 nitrogen and oxygen atoms in total. The minimum atomic E-state index is -1.27. The van der Waals surface area contributed by atoms with E-state index in [1.807, 2.05) is 6.92 Å². The first-order chi connectivity index (χ1) is 7.88. The molecule has 17 heavy (non-hydrogen) atoms. The first-order valence-corrected chi connectivity index (χ1v) is 5.40. The Labute approximate surface area is 99.7 Å². The Balaban J connectivity index is 4.29. The van der Waals surface area contributed by atoms with Gasteiger partial charge in [-0.25, -0.2) is 4.79 Å². The summed E-state index contributed by atoms with van der Waals surface area (Å²) in [6.07, 6.45) is -0.408. The van der Waals surface area contributed by atoms with Gasteiger partial charge < -0.3 is 21.5 Å². The lowest BCUT2D eigenvalue weighted by Crippen LogP contribution is -2.46. The maximum absolute atomic E-state index is 11.6. The van der Waals surface area contributed by atoms with Crippen molar-refractivity contribution >= 4 is 17.8 Å². The Kier molecular flexibility index (Phi) is 6.88. The van der Waals surface area contributed by atoms with Gasteiger partial charge in [0.05, 0.1) is 6.42 Å². The molecular weight excluding hydrogens is 226 g/mol. The van der Waals surface area contributed by atoms with Gasteiger partial charge in [-0.3, -0.25) is 9.59 Å². The summed E-state index contributed by atoms with van der Waals surface area (Å²) in [6.45, 7) is 4.74. The molecular formula is C10H19N3O4. The van der Waals surface area contributed by atoms with Crippen molar-refractivity contribution < 1.29 is 19.5 Å². The molecule has 0 fully saturated rings. The van der Waals surface area contributed by atoms with Crippen LogP contribution in [0.2, 0.25) is 0 Å². The van der Waals surface area contributed by atoms with E-state index < -0.39 is 30.2 Å². The van der Waals surface area contributed by atoms with Gasteiger partial charge in [-0.1, -0.05) is 13.8 Å². The average Bonchev–Trinajstić information content (AvgIpc) is 2.23. The normalized spacial score (nSPS) is 13.8. The highest BCUT2D eigenvalue weighted by Gasteiger charge is 2.24. The Bertz CT molecular complexity index is 293. The fourth-order valence-corrected chi connectivity index (χ4v) is 1.17. The van der Waals surface area contributed by atoms with Crippen molar-refractivity contribution in [3.05, 3.63) is 0 Å². The molecule has 0 aliphatic rings. The van der Waals surface area contributed by atoms with Gasteiger partial charge in [-0.2, -0.15) is 0 Å². The van der Waals surface area contributed by atoms with Crippen molar-refractivity contribution in [2.75, 3.05) is 13.1 Å². The van der Waals surface area contributed by atoms with Crippen molar-refractivity contribution in [2.45, 2.75) is 26.3 Å². The van der Waals surface area contributed by atoms with Crippen LogP contribution in [0.5, 0.6) is 0 Å². The molecule has 0 radical (unpaired) electrons. The summed E-state index contributed by atoms with van der Waals surface area (Å²) < 4.78 is 0. The number of carboxylic acid groups (broad SMARTS) is 1. The van der Waals surface area contributed by atoms with E-state index in [0.717, 1.165) is 6.54 Å². The Morgan fingerprint density at radius 3 is 2.35 bits per heavy atom. The predicted octanol–water partition coefficient (Wildman–Crippen LogP) is -1.32. The highest BCUT2D eigenvalue weighted by atomic mass is 16.4. The number of amides is 2. The van der Waals surface area contributed by atoms with E-state index in [4.69, 9.17) is 10.8 Å². The van der Waals surface area contributed by atoms with Gasteiger partial charge >= 0.3 is 5.97 Å². The minimum Gasteiger partial charge on any atom is -0.480 e. The molecule has 0 aromatic rings. The van der Waals surface area contributed by atoms with Gasteiger partial charge in [0.25, 0.3) is 0 Å². The van der Waals surface area contributed by atoms with Crippen LogP contribution in [-0.2, 0) is 14.4 Å². The third-order valence-corrected chi connectivity index (χ3v) is 2.17. The van der Waals surface area contributed by atoms with E-state index in [0.29, 0.717) is 6.54 Å². The van der Waals surface area contributed by atoms with Crippen LogP contribution in [0.15, 0.2) is 0 Å². The van der Waals surface area contributed by atoms with Crippen LogP contribution in [0.1, 0.15) is 20.3 Å². The number of carbonyl (C=O) groups excluding carboxylic acids is 2. The second-order valence-electron chi connectivity index (χ2n) is 3.78. The summed E-state index contributed by atoms with van der Waals surface area (Å²) in [4.78, 5) is 33.0. The summed E-state index contributed by atoms with van der Waals surface area (Å²) in [7, 11) is 0. The topological polar surface area (TPSA) is 122 Å². The van der Waals surface area contributed by atoms with E-state index in [-0.39, 0.29) is 5.92 Å². The zero-order valence-corrected chi connectivity index (χ0v) is 10.0. The first kappa shape index (κ1) is 15.4. The standard InChI is InChI=1S/C10H19N3O4/c1-3-12-5-6(2)9(15)13-7(10(16)17)4-8(11)14/h6-7,12H,3-5H2,1-2H3,(H2,11,14)(H,13,15)(H,16,17). The number of nitrogens with one attached hydrogen (secondary N) is 2. The van der Waals surface area contributed by atoms with E-state index in [9.17, 15) is 14.4 Å². The molecule has 5 N–H and O–H groups in total. The zero-order chi connectivity index (χ0) is 13.4. The van der Waals surface area contributed by atoms with E-state index in [1.165, 1.54) is 0 Å². The SMILES string of the molecule is CCNCC(C)C(=O)NC(CC(N)=O)C(=O)O. The van der Waals surface area contributed by atoms with E-state index in [1.54, 1.807) is 6.92 Å². The van der Waals surface area contributed by atoms with Gasteiger partial charge in [0, 0.05) is 12.5 Å². The van der Waals surface area contributed by atoms with Gasteiger partial charge in [0.15, 0.2) is 0 Å². The van der Waals surface area contributed by atoms with Crippen molar-refractivity contribution in [3.63, 3.8) is 0 Å². The number of rotatable bonds is 8. The molecule has 0 rings (SSSR count). The lowest BCUT2D eigenvalue weighted by molar-refractivity contribution is -0.143. The lowest BCUT2D eigenvalue weighted by atomic mass is 10.1. The molecule has 0 aliphatic heterocycles. The fraction of sp³-hybridized carbons (Fsp3) is 0.700. The monoisotopic (exact) mass is 245 g/mol. The largest absolute Gasteiger partial charge is 0.480 e. The minimum absolute atomic E-state index is 0.371. The van der Waals surface area contributed by atoms with Crippen molar-refractivity contribution in [2.24, 2.45) is 11.7 Å². The molecule has 0 aromatic heterocycles. The van der Waals surface area contributed by atoms with Crippen LogP contribution in [-0.4, -0.2) is 42.0 Å². The summed E-state index contributed by atoms with van der Waals surface area (Å²) in [5.74, 6) is -2.82. The number of carbonyl (C=O) groups is 3. The third kappa shape index (κ3) is 6.52. The molecule has 0 heterocycles. The summed E-state index contributed by atoms with van der Waals surface area (Å²) in [5.41, 5.74) is 4.90. The fourth-order valence-electron chi connectivity index (χ4n) is 1.17. The highest BCUT2D eigenvalue weighted by molar-refractivity contribution is 5.88. The molecule has 0 bridgehead atoms. The number of hydrogen-bond acceptors (Lipinski definition) is 4. The maximum atomic E-state index is 11.6. The third-order valence-electron chi connectivity index (χ3n) is 2.17. The number of carboxylic acids is 1. The average molecular weight is 245 g/mol. The van der Waals surface area contributed by atoms with E-state index in [2.05, 4.69) is 10.6 Å². The van der Waals surface area contributed by atoms with Crippen molar-refractivity contribution in [3.8, 4) is 0 Å². The summed E-state index contributed by atoms with van der Waals surface area (Å²) in [5, 5.41) is 14.0.